The van der Waals surface area contributed by atoms with Crippen LogP contribution in [0.2, 0.25) is 0 Å². The van der Waals surface area contributed by atoms with E-state index in [1.807, 2.05) is 30.3 Å². The van der Waals surface area contributed by atoms with Crippen LogP contribution in [-0.4, -0.2) is 15.8 Å². The lowest BCUT2D eigenvalue weighted by Gasteiger charge is -2.08. The first-order valence-corrected chi connectivity index (χ1v) is 6.97. The molecule has 0 saturated heterocycles. The van der Waals surface area contributed by atoms with Gasteiger partial charge in [-0.1, -0.05) is 30.3 Å². The fraction of sp³-hybridized carbons (Fsp3) is 0.0588. The van der Waals surface area contributed by atoms with E-state index in [0.717, 1.165) is 16.5 Å². The van der Waals surface area contributed by atoms with Gasteiger partial charge in [0.25, 0.3) is 11.6 Å². The van der Waals surface area contributed by atoms with Gasteiger partial charge in [0.05, 0.1) is 16.1 Å². The average Bonchev–Trinajstić information content (AvgIpc) is 2.56. The number of fused-ring (bicyclic) bond motifs is 1. The minimum absolute atomic E-state index is 0.0719. The van der Waals surface area contributed by atoms with Crippen molar-refractivity contribution in [1.82, 2.24) is 4.98 Å². The monoisotopic (exact) mass is 307 g/mol. The quantitative estimate of drug-likeness (QED) is 0.590. The number of nitrogens with one attached hydrogen (secondary N) is 1. The van der Waals surface area contributed by atoms with Gasteiger partial charge in [0.15, 0.2) is 0 Å². The van der Waals surface area contributed by atoms with E-state index in [0.29, 0.717) is 5.69 Å². The molecule has 0 aliphatic carbocycles. The molecule has 0 aliphatic heterocycles. The molecule has 0 atom stereocenters. The van der Waals surface area contributed by atoms with E-state index in [2.05, 4.69) is 10.3 Å². The number of non-ortho nitro benzene ring substituents is 1. The average molecular weight is 307 g/mol. The van der Waals surface area contributed by atoms with E-state index in [1.54, 1.807) is 19.1 Å². The largest absolute Gasteiger partial charge is 0.320 e. The number of carbonyl (C=O) groups excluding carboxylic acids is 1. The summed E-state index contributed by atoms with van der Waals surface area (Å²) in [6.07, 6.45) is 0. The number of hydrogen-bond acceptors (Lipinski definition) is 4. The molecule has 114 valence electrons. The van der Waals surface area contributed by atoms with Crippen LogP contribution in [0.15, 0.2) is 54.6 Å². The van der Waals surface area contributed by atoms with Crippen molar-refractivity contribution in [2.24, 2.45) is 0 Å². The molecule has 1 amide bonds. The summed E-state index contributed by atoms with van der Waals surface area (Å²) < 4.78 is 0. The van der Waals surface area contributed by atoms with E-state index in [4.69, 9.17) is 0 Å². The molecule has 6 nitrogen and oxygen atoms in total. The van der Waals surface area contributed by atoms with Gasteiger partial charge < -0.3 is 5.32 Å². The van der Waals surface area contributed by atoms with Gasteiger partial charge >= 0.3 is 0 Å². The highest BCUT2D eigenvalue weighted by Gasteiger charge is 2.13. The second-order valence-electron chi connectivity index (χ2n) is 5.10. The first-order chi connectivity index (χ1) is 11.0. The van der Waals surface area contributed by atoms with Gasteiger partial charge in [0.1, 0.15) is 5.69 Å². The molecule has 23 heavy (non-hydrogen) atoms. The normalized spacial score (nSPS) is 10.5. The molecule has 1 heterocycles. The topological polar surface area (TPSA) is 85.1 Å². The minimum atomic E-state index is -0.497. The maximum Gasteiger partial charge on any atom is 0.274 e. The Hall–Kier alpha value is -3.28. The third-order valence-electron chi connectivity index (χ3n) is 3.51. The van der Waals surface area contributed by atoms with Gasteiger partial charge in [0.2, 0.25) is 0 Å². The highest BCUT2D eigenvalue weighted by atomic mass is 16.6. The smallest absolute Gasteiger partial charge is 0.274 e. The van der Waals surface area contributed by atoms with Crippen LogP contribution in [0.5, 0.6) is 0 Å². The SMILES string of the molecule is Cc1ccc([N+](=O)[O-])cc1NC(=O)c1ccc2ccccc2n1. The summed E-state index contributed by atoms with van der Waals surface area (Å²) in [5.41, 5.74) is 2.05. The zero-order valence-electron chi connectivity index (χ0n) is 12.3. The van der Waals surface area contributed by atoms with Gasteiger partial charge in [-0.3, -0.25) is 14.9 Å². The molecule has 1 N–H and O–H groups in total. The van der Waals surface area contributed by atoms with Crippen molar-refractivity contribution in [3.63, 3.8) is 0 Å². The number of rotatable bonds is 3. The van der Waals surface area contributed by atoms with Crippen LogP contribution >= 0.6 is 0 Å². The van der Waals surface area contributed by atoms with Crippen molar-refractivity contribution >= 4 is 28.2 Å². The summed E-state index contributed by atoms with van der Waals surface area (Å²) in [7, 11) is 0. The third-order valence-corrected chi connectivity index (χ3v) is 3.51. The Kier molecular flexibility index (Phi) is 3.72. The van der Waals surface area contributed by atoms with Gasteiger partial charge in [-0.25, -0.2) is 4.98 Å². The first-order valence-electron chi connectivity index (χ1n) is 6.97. The predicted molar refractivity (Wildman–Crippen MR) is 87.5 cm³/mol. The predicted octanol–water partition coefficient (Wildman–Crippen LogP) is 3.70. The molecule has 0 fully saturated rings. The van der Waals surface area contributed by atoms with E-state index < -0.39 is 10.8 Å². The Morgan fingerprint density at radius 1 is 1.13 bits per heavy atom. The number of pyridine rings is 1. The maximum atomic E-state index is 12.3. The second kappa shape index (κ2) is 5.84. The van der Waals surface area contributed by atoms with Crippen molar-refractivity contribution in [3.05, 3.63) is 76.0 Å². The molecule has 3 aromatic rings. The number of carbonyl (C=O) groups is 1. The number of nitro benzene ring substituents is 1. The van der Waals surface area contributed by atoms with Crippen molar-refractivity contribution in [2.45, 2.75) is 6.92 Å². The standard InChI is InChI=1S/C17H13N3O3/c1-11-6-8-13(20(22)23)10-16(11)19-17(21)15-9-7-12-4-2-3-5-14(12)18-15/h2-10H,1H3,(H,19,21). The summed E-state index contributed by atoms with van der Waals surface area (Å²) in [5.74, 6) is -0.403. The van der Waals surface area contributed by atoms with E-state index in [1.165, 1.54) is 12.1 Å². The lowest BCUT2D eigenvalue weighted by Crippen LogP contribution is -2.14. The molecule has 0 radical (unpaired) electrons. The first kappa shape index (κ1) is 14.6. The minimum Gasteiger partial charge on any atom is -0.320 e. The van der Waals surface area contributed by atoms with Crippen molar-refractivity contribution in [2.75, 3.05) is 5.32 Å². The Balaban J connectivity index is 1.91. The molecule has 2 aromatic carbocycles. The van der Waals surface area contributed by atoms with Crippen LogP contribution in [0.25, 0.3) is 10.9 Å². The van der Waals surface area contributed by atoms with E-state index in [-0.39, 0.29) is 11.4 Å². The van der Waals surface area contributed by atoms with Crippen molar-refractivity contribution in [3.8, 4) is 0 Å². The molecule has 3 rings (SSSR count). The van der Waals surface area contributed by atoms with Crippen molar-refractivity contribution < 1.29 is 9.72 Å². The summed E-state index contributed by atoms with van der Waals surface area (Å²) in [5, 5.41) is 14.5. The van der Waals surface area contributed by atoms with Crippen LogP contribution in [-0.2, 0) is 0 Å². The lowest BCUT2D eigenvalue weighted by molar-refractivity contribution is -0.384. The molecule has 0 spiro atoms. The molecule has 0 saturated carbocycles. The van der Waals surface area contributed by atoms with Crippen LogP contribution in [0.1, 0.15) is 16.1 Å². The molecule has 0 bridgehead atoms. The zero-order valence-corrected chi connectivity index (χ0v) is 12.3. The zero-order chi connectivity index (χ0) is 16.4. The third kappa shape index (κ3) is 3.01. The Labute approximate surface area is 131 Å². The molecule has 6 heteroatoms. The molecular formula is C17H13N3O3. The van der Waals surface area contributed by atoms with E-state index >= 15 is 0 Å². The summed E-state index contributed by atoms with van der Waals surface area (Å²) >= 11 is 0. The van der Waals surface area contributed by atoms with Crippen LogP contribution in [0, 0.1) is 17.0 Å². The summed E-state index contributed by atoms with van der Waals surface area (Å²) in [6.45, 7) is 1.77. The fourth-order valence-electron chi connectivity index (χ4n) is 2.24. The summed E-state index contributed by atoms with van der Waals surface area (Å²) in [6, 6.07) is 15.3. The number of amides is 1. The summed E-state index contributed by atoms with van der Waals surface area (Å²) in [4.78, 5) is 27.0. The number of anilines is 1. The highest BCUT2D eigenvalue weighted by Crippen LogP contribution is 2.22. The maximum absolute atomic E-state index is 12.3. The second-order valence-corrected chi connectivity index (χ2v) is 5.10. The number of aromatic nitrogens is 1. The lowest BCUT2D eigenvalue weighted by atomic mass is 10.1. The fourth-order valence-corrected chi connectivity index (χ4v) is 2.24. The Bertz CT molecular complexity index is 922. The van der Waals surface area contributed by atoms with Crippen LogP contribution in [0.4, 0.5) is 11.4 Å². The molecular weight excluding hydrogens is 294 g/mol. The number of nitro groups is 1. The Morgan fingerprint density at radius 3 is 2.70 bits per heavy atom. The van der Waals surface area contributed by atoms with Gasteiger partial charge in [-0.05, 0) is 24.6 Å². The number of aryl methyl sites for hydroxylation is 1. The highest BCUT2D eigenvalue weighted by molar-refractivity contribution is 6.04. The van der Waals surface area contributed by atoms with Gasteiger partial charge in [0, 0.05) is 17.5 Å². The number of hydrogen-bond donors (Lipinski definition) is 1. The van der Waals surface area contributed by atoms with Crippen molar-refractivity contribution in [1.29, 1.82) is 0 Å². The molecule has 0 unspecified atom stereocenters. The molecule has 1 aromatic heterocycles. The number of para-hydroxylation sites is 1. The Morgan fingerprint density at radius 2 is 1.91 bits per heavy atom. The van der Waals surface area contributed by atoms with Gasteiger partial charge in [-0.2, -0.15) is 0 Å². The number of nitrogens with zero attached hydrogens (tertiary/aromatic N) is 2. The molecule has 0 aliphatic rings. The van der Waals surface area contributed by atoms with Gasteiger partial charge in [-0.15, -0.1) is 0 Å². The van der Waals surface area contributed by atoms with E-state index in [9.17, 15) is 14.9 Å². The van der Waals surface area contributed by atoms with Crippen LogP contribution in [0.3, 0.4) is 0 Å². The number of benzene rings is 2. The van der Waals surface area contributed by atoms with Crippen LogP contribution < -0.4 is 5.32 Å².